The van der Waals surface area contributed by atoms with Crippen molar-refractivity contribution in [2.45, 2.75) is 0 Å². The van der Waals surface area contributed by atoms with Crippen molar-refractivity contribution in [2.24, 2.45) is 0 Å². The molecule has 1 aromatic heterocycles. The highest BCUT2D eigenvalue weighted by atomic mass is 79.9. The van der Waals surface area contributed by atoms with E-state index >= 15 is 0 Å². The van der Waals surface area contributed by atoms with Gasteiger partial charge in [-0.15, -0.1) is 0 Å². The minimum atomic E-state index is -0.330. The van der Waals surface area contributed by atoms with Crippen LogP contribution in [-0.2, 0) is 0 Å². The summed E-state index contributed by atoms with van der Waals surface area (Å²) in [5, 5.41) is 0. The molecule has 0 saturated carbocycles. The quantitative estimate of drug-likeness (QED) is 0.861. The molecule has 0 bridgehead atoms. The monoisotopic (exact) mass is 266 g/mol. The van der Waals surface area contributed by atoms with Gasteiger partial charge in [0, 0.05) is 16.2 Å². The lowest BCUT2D eigenvalue weighted by molar-refractivity contribution is 0.630. The molecule has 2 nitrogen and oxygen atoms in total. The maximum Gasteiger partial charge on any atom is 0.132 e. The molecule has 15 heavy (non-hydrogen) atoms. The fourth-order valence-electron chi connectivity index (χ4n) is 1.32. The molecule has 0 saturated heterocycles. The fraction of sp³-hybridized carbons (Fsp3) is 0. The van der Waals surface area contributed by atoms with Crippen LogP contribution in [0.1, 0.15) is 0 Å². The molecule has 2 aromatic rings. The van der Waals surface area contributed by atoms with Crippen molar-refractivity contribution < 1.29 is 4.39 Å². The fourth-order valence-corrected chi connectivity index (χ4v) is 1.68. The zero-order valence-corrected chi connectivity index (χ0v) is 9.33. The van der Waals surface area contributed by atoms with Crippen LogP contribution in [0.3, 0.4) is 0 Å². The average Bonchev–Trinajstić information content (AvgIpc) is 2.23. The van der Waals surface area contributed by atoms with E-state index in [1.165, 1.54) is 6.07 Å². The third-order valence-corrected chi connectivity index (χ3v) is 2.52. The van der Waals surface area contributed by atoms with Gasteiger partial charge in [0.25, 0.3) is 0 Å². The molecule has 76 valence electrons. The number of hydrogen-bond donors (Lipinski definition) is 1. The van der Waals surface area contributed by atoms with Crippen LogP contribution < -0.4 is 5.73 Å². The number of nitrogens with two attached hydrogens (primary N) is 1. The molecule has 0 radical (unpaired) electrons. The number of nitrogens with zero attached hydrogens (tertiary/aromatic N) is 1. The van der Waals surface area contributed by atoms with Crippen molar-refractivity contribution in [1.29, 1.82) is 0 Å². The Bertz CT molecular complexity index is 500. The van der Waals surface area contributed by atoms with Gasteiger partial charge in [-0.25, -0.2) is 4.39 Å². The van der Waals surface area contributed by atoms with Crippen LogP contribution >= 0.6 is 15.9 Å². The molecule has 0 fully saturated rings. The Labute approximate surface area is 95.1 Å². The zero-order valence-electron chi connectivity index (χ0n) is 7.74. The van der Waals surface area contributed by atoms with E-state index in [1.807, 2.05) is 0 Å². The second-order valence-corrected chi connectivity index (χ2v) is 3.98. The third kappa shape index (κ3) is 1.99. The van der Waals surface area contributed by atoms with Crippen molar-refractivity contribution in [3.8, 4) is 11.3 Å². The molecule has 0 aliphatic rings. The molecular formula is C11H8BrFN2. The van der Waals surface area contributed by atoms with Crippen LogP contribution in [0.15, 0.2) is 41.0 Å². The number of benzene rings is 1. The molecule has 0 aliphatic heterocycles. The van der Waals surface area contributed by atoms with Crippen LogP contribution in [0, 0.1) is 5.82 Å². The number of aromatic nitrogens is 1. The second kappa shape index (κ2) is 3.98. The van der Waals surface area contributed by atoms with Crippen LogP contribution in [0.25, 0.3) is 11.3 Å². The van der Waals surface area contributed by atoms with Crippen molar-refractivity contribution in [2.75, 3.05) is 5.73 Å². The number of hydrogen-bond acceptors (Lipinski definition) is 2. The van der Waals surface area contributed by atoms with Gasteiger partial charge in [0.15, 0.2) is 0 Å². The Morgan fingerprint density at radius 1 is 1.27 bits per heavy atom. The summed E-state index contributed by atoms with van der Waals surface area (Å²) in [5.41, 5.74) is 7.07. The van der Waals surface area contributed by atoms with Gasteiger partial charge >= 0.3 is 0 Å². The zero-order chi connectivity index (χ0) is 10.8. The number of anilines is 1. The average molecular weight is 267 g/mol. The molecule has 0 unspecified atom stereocenters. The van der Waals surface area contributed by atoms with E-state index in [0.29, 0.717) is 16.9 Å². The number of halogens is 2. The normalized spacial score (nSPS) is 10.3. The minimum absolute atomic E-state index is 0.330. The standard InChI is InChI=1S/C11H8BrFN2/c12-7-3-4-9(13)8(6-7)11-10(14)2-1-5-15-11/h1-6H,14H2. The van der Waals surface area contributed by atoms with E-state index in [0.717, 1.165) is 4.47 Å². The summed E-state index contributed by atoms with van der Waals surface area (Å²) in [5.74, 6) is -0.330. The van der Waals surface area contributed by atoms with Gasteiger partial charge in [-0.2, -0.15) is 0 Å². The van der Waals surface area contributed by atoms with Gasteiger partial charge in [0.1, 0.15) is 5.82 Å². The molecule has 1 aromatic carbocycles. The Balaban J connectivity index is 2.64. The third-order valence-electron chi connectivity index (χ3n) is 2.02. The van der Waals surface area contributed by atoms with Gasteiger partial charge < -0.3 is 5.73 Å². The molecule has 2 rings (SSSR count). The van der Waals surface area contributed by atoms with Gasteiger partial charge in [-0.1, -0.05) is 15.9 Å². The number of rotatable bonds is 1. The molecule has 4 heteroatoms. The highest BCUT2D eigenvalue weighted by Gasteiger charge is 2.09. The minimum Gasteiger partial charge on any atom is -0.397 e. The summed E-state index contributed by atoms with van der Waals surface area (Å²) < 4.78 is 14.3. The van der Waals surface area contributed by atoms with E-state index in [4.69, 9.17) is 5.73 Å². The van der Waals surface area contributed by atoms with Crippen LogP contribution in [0.2, 0.25) is 0 Å². The van der Waals surface area contributed by atoms with Crippen molar-refractivity contribution in [1.82, 2.24) is 4.98 Å². The van der Waals surface area contributed by atoms with Gasteiger partial charge in [0.2, 0.25) is 0 Å². The van der Waals surface area contributed by atoms with Gasteiger partial charge in [0.05, 0.1) is 11.4 Å². The highest BCUT2D eigenvalue weighted by molar-refractivity contribution is 9.10. The summed E-state index contributed by atoms with van der Waals surface area (Å²) in [6.07, 6.45) is 1.59. The molecule has 0 atom stereocenters. The van der Waals surface area contributed by atoms with Crippen molar-refractivity contribution in [3.05, 3.63) is 46.8 Å². The number of pyridine rings is 1. The Morgan fingerprint density at radius 2 is 2.07 bits per heavy atom. The lowest BCUT2D eigenvalue weighted by Crippen LogP contribution is -1.94. The van der Waals surface area contributed by atoms with Gasteiger partial charge in [-0.3, -0.25) is 4.98 Å². The van der Waals surface area contributed by atoms with Crippen molar-refractivity contribution >= 4 is 21.6 Å². The van der Waals surface area contributed by atoms with Crippen LogP contribution in [-0.4, -0.2) is 4.98 Å². The summed E-state index contributed by atoms with van der Waals surface area (Å²) in [6, 6.07) is 8.09. The largest absolute Gasteiger partial charge is 0.397 e. The Hall–Kier alpha value is -1.42. The van der Waals surface area contributed by atoms with Crippen molar-refractivity contribution in [3.63, 3.8) is 0 Å². The maximum absolute atomic E-state index is 13.5. The van der Waals surface area contributed by atoms with E-state index in [1.54, 1.807) is 30.5 Å². The maximum atomic E-state index is 13.5. The lowest BCUT2D eigenvalue weighted by Gasteiger charge is -2.05. The Morgan fingerprint density at radius 3 is 2.80 bits per heavy atom. The first-order valence-electron chi connectivity index (χ1n) is 4.34. The molecule has 0 spiro atoms. The van der Waals surface area contributed by atoms with Gasteiger partial charge in [-0.05, 0) is 30.3 Å². The summed E-state index contributed by atoms with van der Waals surface area (Å²) in [7, 11) is 0. The van der Waals surface area contributed by atoms with Crippen LogP contribution in [0.5, 0.6) is 0 Å². The molecule has 2 N–H and O–H groups in total. The van der Waals surface area contributed by atoms with E-state index in [2.05, 4.69) is 20.9 Å². The first kappa shape index (κ1) is 10.1. The van der Waals surface area contributed by atoms with E-state index in [-0.39, 0.29) is 5.82 Å². The lowest BCUT2D eigenvalue weighted by atomic mass is 10.1. The SMILES string of the molecule is Nc1cccnc1-c1cc(Br)ccc1F. The predicted octanol–water partition coefficient (Wildman–Crippen LogP) is 3.23. The molecule has 0 amide bonds. The molecule has 1 heterocycles. The van der Waals surface area contributed by atoms with Crippen LogP contribution in [0.4, 0.5) is 10.1 Å². The van der Waals surface area contributed by atoms with E-state index < -0.39 is 0 Å². The number of nitrogen functional groups attached to an aromatic ring is 1. The second-order valence-electron chi connectivity index (χ2n) is 3.07. The molecular weight excluding hydrogens is 259 g/mol. The Kier molecular flexibility index (Phi) is 2.68. The summed E-state index contributed by atoms with van der Waals surface area (Å²) >= 11 is 3.28. The predicted molar refractivity (Wildman–Crippen MR) is 61.7 cm³/mol. The summed E-state index contributed by atoms with van der Waals surface area (Å²) in [6.45, 7) is 0. The first-order chi connectivity index (χ1) is 7.18. The first-order valence-corrected chi connectivity index (χ1v) is 5.13. The topological polar surface area (TPSA) is 38.9 Å². The molecule has 0 aliphatic carbocycles. The summed E-state index contributed by atoms with van der Waals surface area (Å²) in [4.78, 5) is 4.06. The smallest absolute Gasteiger partial charge is 0.132 e. The van der Waals surface area contributed by atoms with E-state index in [9.17, 15) is 4.39 Å². The highest BCUT2D eigenvalue weighted by Crippen LogP contribution is 2.28.